The van der Waals surface area contributed by atoms with Crippen LogP contribution in [-0.4, -0.2) is 19.3 Å². The van der Waals surface area contributed by atoms with Crippen molar-refractivity contribution in [2.45, 2.75) is 60.8 Å². The molecule has 5 aromatic carbocycles. The number of fused-ring (bicyclic) bond motifs is 3. The molecule has 0 spiro atoms. The standard InChI is InChI=1S/C47H42N4O.Pd/c1-29-22-37(51-33(5)46(32(4)49-51)45-30(2)24-35(25-31(45)3)34-14-10-9-11-15-34)27-39(23-29)52-38-18-19-41-40-16-12-13-17-42(40)50(43(41)28-38)44-26-36(20-21-48-44)47(6,7)8;/h9-26H,1-8H3;/q-2;+2. The molecule has 0 radical (unpaired) electrons. The van der Waals surface area contributed by atoms with Gasteiger partial charge in [0.2, 0.25) is 0 Å². The maximum atomic E-state index is 6.56. The third-order valence-corrected chi connectivity index (χ3v) is 10.0. The second kappa shape index (κ2) is 13.9. The average Bonchev–Trinajstić information content (AvgIpc) is 3.60. The quantitative estimate of drug-likeness (QED) is 0.125. The Labute approximate surface area is 326 Å². The molecular weight excluding hydrogens is 743 g/mol. The molecule has 0 aliphatic heterocycles. The normalized spacial score (nSPS) is 11.6. The van der Waals surface area contributed by atoms with Crippen molar-refractivity contribution >= 4 is 21.8 Å². The van der Waals surface area contributed by atoms with Crippen LogP contribution in [0.4, 0.5) is 0 Å². The number of aromatic nitrogens is 4. The summed E-state index contributed by atoms with van der Waals surface area (Å²) in [4.78, 5) is 4.82. The molecule has 0 fully saturated rings. The minimum Gasteiger partial charge on any atom is -0.509 e. The van der Waals surface area contributed by atoms with Crippen molar-refractivity contribution in [2.24, 2.45) is 0 Å². The van der Waals surface area contributed by atoms with E-state index in [-0.39, 0.29) is 25.8 Å². The molecule has 0 atom stereocenters. The largest absolute Gasteiger partial charge is 2.00 e. The van der Waals surface area contributed by atoms with E-state index in [9.17, 15) is 0 Å². The number of hydrogen-bond acceptors (Lipinski definition) is 3. The Kier molecular flexibility index (Phi) is 9.49. The van der Waals surface area contributed by atoms with Gasteiger partial charge in [-0.15, -0.1) is 35.7 Å². The van der Waals surface area contributed by atoms with Gasteiger partial charge in [0.05, 0.1) is 5.69 Å². The van der Waals surface area contributed by atoms with Crippen LogP contribution < -0.4 is 4.74 Å². The van der Waals surface area contributed by atoms with E-state index in [1.807, 2.05) is 23.0 Å². The molecule has 0 amide bonds. The van der Waals surface area contributed by atoms with Crippen LogP contribution in [0.15, 0.2) is 109 Å². The molecule has 0 saturated heterocycles. The number of hydrogen-bond donors (Lipinski definition) is 0. The number of para-hydroxylation sites is 1. The Hall–Kier alpha value is -5.28. The number of ether oxygens (including phenoxy) is 1. The van der Waals surface area contributed by atoms with Crippen LogP contribution in [0, 0.1) is 46.8 Å². The van der Waals surface area contributed by atoms with Crippen LogP contribution in [-0.2, 0) is 25.8 Å². The molecule has 0 saturated carbocycles. The van der Waals surface area contributed by atoms with Crippen molar-refractivity contribution in [1.29, 1.82) is 0 Å². The summed E-state index contributed by atoms with van der Waals surface area (Å²) in [7, 11) is 0. The zero-order valence-corrected chi connectivity index (χ0v) is 33.0. The van der Waals surface area contributed by atoms with E-state index in [1.165, 1.54) is 33.4 Å². The maximum absolute atomic E-state index is 6.56. The second-order valence-corrected chi connectivity index (χ2v) is 14.9. The van der Waals surface area contributed by atoms with E-state index in [2.05, 4.69) is 163 Å². The van der Waals surface area contributed by atoms with E-state index < -0.39 is 0 Å². The summed E-state index contributed by atoms with van der Waals surface area (Å²) in [5.74, 6) is 2.07. The molecule has 8 aromatic rings. The molecule has 8 rings (SSSR count). The van der Waals surface area contributed by atoms with Crippen LogP contribution in [0.2, 0.25) is 0 Å². The van der Waals surface area contributed by atoms with E-state index in [4.69, 9.17) is 14.8 Å². The van der Waals surface area contributed by atoms with Gasteiger partial charge < -0.3 is 9.30 Å². The van der Waals surface area contributed by atoms with Crippen LogP contribution in [0.1, 0.15) is 54.4 Å². The summed E-state index contributed by atoms with van der Waals surface area (Å²) >= 11 is 0. The zero-order valence-electron chi connectivity index (χ0n) is 31.4. The van der Waals surface area contributed by atoms with Gasteiger partial charge >= 0.3 is 20.4 Å². The second-order valence-electron chi connectivity index (χ2n) is 14.9. The van der Waals surface area contributed by atoms with Crippen molar-refractivity contribution in [3.63, 3.8) is 0 Å². The molecular formula is C47H42N4OPd. The van der Waals surface area contributed by atoms with E-state index in [1.54, 1.807) is 0 Å². The fraction of sp³-hybridized carbons (Fsp3) is 0.191. The molecule has 0 aliphatic carbocycles. The van der Waals surface area contributed by atoms with Crippen LogP contribution in [0.3, 0.4) is 0 Å². The molecule has 3 aromatic heterocycles. The molecule has 5 nitrogen and oxygen atoms in total. The summed E-state index contributed by atoms with van der Waals surface area (Å²) in [5.41, 5.74) is 14.4. The summed E-state index contributed by atoms with van der Waals surface area (Å²) in [5, 5.41) is 7.30. The van der Waals surface area contributed by atoms with Gasteiger partial charge in [0, 0.05) is 34.5 Å². The third kappa shape index (κ3) is 6.63. The van der Waals surface area contributed by atoms with Gasteiger partial charge in [0.25, 0.3) is 0 Å². The van der Waals surface area contributed by atoms with Gasteiger partial charge in [-0.05, 0) is 95.8 Å². The van der Waals surface area contributed by atoms with Gasteiger partial charge in [-0.2, -0.15) is 16.7 Å². The first-order chi connectivity index (χ1) is 25.0. The Morgan fingerprint density at radius 1 is 0.660 bits per heavy atom. The average molecular weight is 785 g/mol. The Morgan fingerprint density at radius 3 is 2.11 bits per heavy atom. The topological polar surface area (TPSA) is 44.9 Å². The molecule has 0 bridgehead atoms. The van der Waals surface area contributed by atoms with Gasteiger partial charge in [0.1, 0.15) is 5.82 Å². The smallest absolute Gasteiger partial charge is 0.509 e. The van der Waals surface area contributed by atoms with Gasteiger partial charge in [-0.3, -0.25) is 4.68 Å². The van der Waals surface area contributed by atoms with E-state index >= 15 is 0 Å². The van der Waals surface area contributed by atoms with E-state index in [0.29, 0.717) is 11.5 Å². The molecule has 53 heavy (non-hydrogen) atoms. The first-order valence-electron chi connectivity index (χ1n) is 17.8. The molecule has 6 heteroatoms. The van der Waals surface area contributed by atoms with Gasteiger partial charge in [-0.25, -0.2) is 4.98 Å². The van der Waals surface area contributed by atoms with Crippen molar-refractivity contribution < 1.29 is 25.2 Å². The fourth-order valence-corrected chi connectivity index (χ4v) is 7.52. The molecule has 3 heterocycles. The minimum atomic E-state index is -0.00989. The predicted octanol–water partition coefficient (Wildman–Crippen LogP) is 11.9. The maximum Gasteiger partial charge on any atom is 2.00 e. The van der Waals surface area contributed by atoms with E-state index in [0.717, 1.165) is 55.8 Å². The van der Waals surface area contributed by atoms with Crippen LogP contribution in [0.5, 0.6) is 11.5 Å². The molecule has 0 unspecified atom stereocenters. The van der Waals surface area contributed by atoms with Crippen molar-refractivity contribution in [3.8, 4) is 45.3 Å². The summed E-state index contributed by atoms with van der Waals surface area (Å²) in [6.07, 6.45) is 1.90. The SMILES string of the molecule is Cc1cc(Oc2[c-]c3c(cc2)c2ccccc2n3-c2cc(C(C)(C)C)ccn2)[c-]c(-n2nc(C)c(-c3c(C)cc(-c4ccccc4)cc3C)c2C)c1.[Pd+2]. The summed E-state index contributed by atoms with van der Waals surface area (Å²) in [6.45, 7) is 17.4. The zero-order chi connectivity index (χ0) is 36.3. The van der Waals surface area contributed by atoms with Gasteiger partial charge in [-0.1, -0.05) is 93.9 Å². The van der Waals surface area contributed by atoms with Crippen molar-refractivity contribution in [3.05, 3.63) is 155 Å². The summed E-state index contributed by atoms with van der Waals surface area (Å²) < 4.78 is 10.7. The Morgan fingerprint density at radius 2 is 1.38 bits per heavy atom. The predicted molar refractivity (Wildman–Crippen MR) is 213 cm³/mol. The Bertz CT molecular complexity index is 2620. The molecule has 266 valence electrons. The monoisotopic (exact) mass is 784 g/mol. The molecule has 0 aliphatic rings. The third-order valence-electron chi connectivity index (χ3n) is 10.0. The van der Waals surface area contributed by atoms with Crippen LogP contribution >= 0.6 is 0 Å². The number of aryl methyl sites for hydroxylation is 4. The summed E-state index contributed by atoms with van der Waals surface area (Å²) in [6, 6.07) is 43.2. The fourth-order valence-electron chi connectivity index (χ4n) is 7.52. The number of benzene rings is 5. The first kappa shape index (κ1) is 36.1. The van der Waals surface area contributed by atoms with Crippen molar-refractivity contribution in [1.82, 2.24) is 19.3 Å². The minimum absolute atomic E-state index is 0. The number of nitrogens with zero attached hydrogens (tertiary/aromatic N) is 4. The van der Waals surface area contributed by atoms with Crippen molar-refractivity contribution in [2.75, 3.05) is 0 Å². The van der Waals surface area contributed by atoms with Crippen LogP contribution in [0.25, 0.3) is 55.6 Å². The number of pyridine rings is 1. The van der Waals surface area contributed by atoms with Gasteiger partial charge in [0.15, 0.2) is 0 Å². The first-order valence-corrected chi connectivity index (χ1v) is 17.8. The number of rotatable bonds is 6. The Balaban J connectivity index is 0.00000435. The molecule has 0 N–H and O–H groups in total.